The topological polar surface area (TPSA) is 46.3 Å². The van der Waals surface area contributed by atoms with Crippen molar-refractivity contribution in [3.05, 3.63) is 125 Å². The SMILES string of the molecule is Cc1ccc(CN(Cc2nc3cc(C)ccc3o2)C(=O)c2ccc(-c3ccccc3)cc2)cc1. The second-order valence-electron chi connectivity index (χ2n) is 8.67. The van der Waals surface area contributed by atoms with E-state index in [2.05, 4.69) is 48.3 Å². The molecule has 0 aliphatic rings. The summed E-state index contributed by atoms with van der Waals surface area (Å²) >= 11 is 0. The fourth-order valence-electron chi connectivity index (χ4n) is 4.05. The van der Waals surface area contributed by atoms with Crippen molar-refractivity contribution >= 4 is 17.0 Å². The molecule has 1 aromatic heterocycles. The molecule has 0 atom stereocenters. The Hall–Kier alpha value is -4.18. The first-order chi connectivity index (χ1) is 16.5. The minimum absolute atomic E-state index is 0.0568. The van der Waals surface area contributed by atoms with Crippen molar-refractivity contribution < 1.29 is 9.21 Å². The van der Waals surface area contributed by atoms with E-state index in [1.54, 1.807) is 4.90 Å². The first kappa shape index (κ1) is 21.7. The highest BCUT2D eigenvalue weighted by molar-refractivity contribution is 5.94. The van der Waals surface area contributed by atoms with Crippen LogP contribution in [0.5, 0.6) is 0 Å². The van der Waals surface area contributed by atoms with Gasteiger partial charge in [0.05, 0.1) is 6.54 Å². The Kier molecular flexibility index (Phi) is 5.96. The Morgan fingerprint density at radius 3 is 2.18 bits per heavy atom. The van der Waals surface area contributed by atoms with Crippen LogP contribution in [0.25, 0.3) is 22.2 Å². The van der Waals surface area contributed by atoms with Crippen molar-refractivity contribution in [1.29, 1.82) is 0 Å². The molecule has 4 nitrogen and oxygen atoms in total. The number of hydrogen-bond acceptors (Lipinski definition) is 3. The van der Waals surface area contributed by atoms with E-state index < -0.39 is 0 Å². The number of carbonyl (C=O) groups is 1. The van der Waals surface area contributed by atoms with Gasteiger partial charge >= 0.3 is 0 Å². The first-order valence-corrected chi connectivity index (χ1v) is 11.4. The molecule has 5 aromatic rings. The van der Waals surface area contributed by atoms with Crippen LogP contribution in [0.2, 0.25) is 0 Å². The molecule has 34 heavy (non-hydrogen) atoms. The van der Waals surface area contributed by atoms with E-state index in [0.29, 0.717) is 24.5 Å². The Morgan fingerprint density at radius 1 is 0.765 bits per heavy atom. The first-order valence-electron chi connectivity index (χ1n) is 11.4. The van der Waals surface area contributed by atoms with E-state index >= 15 is 0 Å². The van der Waals surface area contributed by atoms with Crippen LogP contribution in [0, 0.1) is 13.8 Å². The van der Waals surface area contributed by atoms with Crippen LogP contribution in [0.4, 0.5) is 0 Å². The van der Waals surface area contributed by atoms with Gasteiger partial charge in [-0.15, -0.1) is 0 Å². The summed E-state index contributed by atoms with van der Waals surface area (Å²) in [4.78, 5) is 20.0. The molecule has 0 saturated carbocycles. The lowest BCUT2D eigenvalue weighted by atomic mass is 10.0. The highest BCUT2D eigenvalue weighted by Crippen LogP contribution is 2.23. The van der Waals surface area contributed by atoms with E-state index in [4.69, 9.17) is 4.42 Å². The molecule has 1 amide bonds. The van der Waals surface area contributed by atoms with Crippen molar-refractivity contribution in [2.75, 3.05) is 0 Å². The summed E-state index contributed by atoms with van der Waals surface area (Å²) in [6, 6.07) is 32.1. The lowest BCUT2D eigenvalue weighted by molar-refractivity contribution is 0.0715. The van der Waals surface area contributed by atoms with Crippen LogP contribution in [0.1, 0.15) is 32.9 Å². The van der Waals surface area contributed by atoms with Crippen molar-refractivity contribution in [2.24, 2.45) is 0 Å². The number of fused-ring (bicyclic) bond motifs is 1. The maximum atomic E-state index is 13.6. The summed E-state index contributed by atoms with van der Waals surface area (Å²) in [6.07, 6.45) is 0. The monoisotopic (exact) mass is 446 g/mol. The zero-order valence-corrected chi connectivity index (χ0v) is 19.4. The molecule has 4 heteroatoms. The normalized spacial score (nSPS) is 11.0. The van der Waals surface area contributed by atoms with Crippen molar-refractivity contribution in [3.8, 4) is 11.1 Å². The molecule has 0 aliphatic heterocycles. The minimum Gasteiger partial charge on any atom is -0.439 e. The van der Waals surface area contributed by atoms with Gasteiger partial charge in [-0.1, -0.05) is 78.4 Å². The number of carbonyl (C=O) groups excluding carboxylic acids is 1. The van der Waals surface area contributed by atoms with E-state index in [1.807, 2.05) is 67.6 Å². The van der Waals surface area contributed by atoms with Gasteiger partial charge in [0.2, 0.25) is 5.89 Å². The van der Waals surface area contributed by atoms with E-state index in [-0.39, 0.29) is 5.91 Å². The average Bonchev–Trinajstić information content (AvgIpc) is 3.26. The number of benzene rings is 4. The molecule has 0 bridgehead atoms. The van der Waals surface area contributed by atoms with Crippen LogP contribution in [-0.2, 0) is 13.1 Å². The Balaban J connectivity index is 1.43. The van der Waals surface area contributed by atoms with E-state index in [1.165, 1.54) is 5.56 Å². The molecule has 4 aromatic carbocycles. The fourth-order valence-corrected chi connectivity index (χ4v) is 4.05. The van der Waals surface area contributed by atoms with Gasteiger partial charge in [0.15, 0.2) is 5.58 Å². The highest BCUT2D eigenvalue weighted by atomic mass is 16.3. The standard InChI is InChI=1S/C30H26N2O2/c1-21-8-11-23(12-9-21)19-32(20-29-31-27-18-22(2)10-17-28(27)34-29)30(33)26-15-13-25(14-16-26)24-6-4-3-5-7-24/h3-18H,19-20H2,1-2H3. The number of aromatic nitrogens is 1. The molecule has 0 aliphatic carbocycles. The molecular formula is C30H26N2O2. The third kappa shape index (κ3) is 4.76. The predicted molar refractivity (Wildman–Crippen MR) is 135 cm³/mol. The number of aryl methyl sites for hydroxylation is 2. The minimum atomic E-state index is -0.0568. The Labute approximate surface area is 199 Å². The van der Waals surface area contributed by atoms with Crippen molar-refractivity contribution in [1.82, 2.24) is 9.88 Å². The zero-order valence-electron chi connectivity index (χ0n) is 19.4. The highest BCUT2D eigenvalue weighted by Gasteiger charge is 2.20. The average molecular weight is 447 g/mol. The van der Waals surface area contributed by atoms with Crippen LogP contribution in [0.15, 0.2) is 101 Å². The molecular weight excluding hydrogens is 420 g/mol. The van der Waals surface area contributed by atoms with Crippen LogP contribution in [-0.4, -0.2) is 15.8 Å². The van der Waals surface area contributed by atoms with Crippen molar-refractivity contribution in [2.45, 2.75) is 26.9 Å². The Bertz CT molecular complexity index is 1420. The van der Waals surface area contributed by atoms with Gasteiger partial charge in [0, 0.05) is 12.1 Å². The third-order valence-corrected chi connectivity index (χ3v) is 5.93. The summed E-state index contributed by atoms with van der Waals surface area (Å²) in [6.45, 7) is 4.85. The summed E-state index contributed by atoms with van der Waals surface area (Å²) in [5, 5.41) is 0. The summed E-state index contributed by atoms with van der Waals surface area (Å²) < 4.78 is 5.97. The summed E-state index contributed by atoms with van der Waals surface area (Å²) in [5.74, 6) is 0.473. The van der Waals surface area contributed by atoms with Gasteiger partial charge in [-0.05, 0) is 60.4 Å². The molecule has 1 heterocycles. The Morgan fingerprint density at radius 2 is 1.44 bits per heavy atom. The quantitative estimate of drug-likeness (QED) is 0.283. The number of oxazole rings is 1. The fraction of sp³-hybridized carbons (Fsp3) is 0.133. The van der Waals surface area contributed by atoms with E-state index in [9.17, 15) is 4.79 Å². The van der Waals surface area contributed by atoms with Gasteiger partial charge in [-0.25, -0.2) is 4.98 Å². The van der Waals surface area contributed by atoms with Crippen LogP contribution < -0.4 is 0 Å². The largest absolute Gasteiger partial charge is 0.439 e. The lowest BCUT2D eigenvalue weighted by Crippen LogP contribution is -2.30. The zero-order chi connectivity index (χ0) is 23.5. The number of rotatable bonds is 6. The lowest BCUT2D eigenvalue weighted by Gasteiger charge is -2.22. The third-order valence-electron chi connectivity index (χ3n) is 5.93. The maximum absolute atomic E-state index is 13.6. The number of hydrogen-bond donors (Lipinski definition) is 0. The molecule has 5 rings (SSSR count). The summed E-state index contributed by atoms with van der Waals surface area (Å²) in [7, 11) is 0. The second kappa shape index (κ2) is 9.36. The molecule has 168 valence electrons. The number of amides is 1. The van der Waals surface area contributed by atoms with Gasteiger partial charge < -0.3 is 9.32 Å². The predicted octanol–water partition coefficient (Wildman–Crippen LogP) is 6.95. The van der Waals surface area contributed by atoms with Gasteiger partial charge in [0.1, 0.15) is 5.52 Å². The number of nitrogens with zero attached hydrogens (tertiary/aromatic N) is 2. The maximum Gasteiger partial charge on any atom is 0.254 e. The molecule has 0 saturated heterocycles. The molecule has 0 fully saturated rings. The van der Waals surface area contributed by atoms with Crippen molar-refractivity contribution in [3.63, 3.8) is 0 Å². The molecule has 0 radical (unpaired) electrons. The molecule has 0 unspecified atom stereocenters. The second-order valence-corrected chi connectivity index (χ2v) is 8.67. The smallest absolute Gasteiger partial charge is 0.254 e. The van der Waals surface area contributed by atoms with Crippen LogP contribution in [0.3, 0.4) is 0 Å². The van der Waals surface area contributed by atoms with Gasteiger partial charge in [-0.2, -0.15) is 0 Å². The van der Waals surface area contributed by atoms with E-state index in [0.717, 1.165) is 33.4 Å². The summed E-state index contributed by atoms with van der Waals surface area (Å²) in [5.41, 5.74) is 7.76. The molecule has 0 N–H and O–H groups in total. The van der Waals surface area contributed by atoms with Gasteiger partial charge in [0.25, 0.3) is 5.91 Å². The van der Waals surface area contributed by atoms with Crippen LogP contribution >= 0.6 is 0 Å². The van der Waals surface area contributed by atoms with Gasteiger partial charge in [-0.3, -0.25) is 4.79 Å². The molecule has 0 spiro atoms.